The molecular formula is C28H73P8W4Y26-. The molecule has 0 amide bonds. The van der Waals surface area contributed by atoms with Gasteiger partial charge in [-0.25, -0.2) is 0 Å². The fourth-order valence-corrected chi connectivity index (χ4v) is 16.2. The van der Waals surface area contributed by atoms with E-state index in [-0.39, 0.29) is 987 Å². The standard InChI is InChI=1S/C8H21P3.C6H16P2.C6H15P.C5H13P.C2H5P.CH3.4W.26Y/c1-6-10(4)8-11(5)7-9(2)3;1-5-8(4)6-7(2)3;1-5-7(3,4)6-2;1-4-6(3)5-2;1-3-2;;;;;;;;;;;;;;;;;;;;;;;;;;;;;;;/h9-11H,2,4-8H2,1,3H3;7-8H,2,4-6H2,1,3H3;3,5-6H2,1-2,4H3;6H,3-5H2,1-2H3;1H2,2H3;1H3;;;;;;;;;;;;;;;;;;;;;;;;;;;;;;/q;;;;;-1;;;;;;;;;;;;;;;;;;;;;;;;;;;;;;. The van der Waals surface area contributed by atoms with Gasteiger partial charge in [-0.1, -0.05) is 47.8 Å². The molecule has 0 aliphatic carbocycles. The van der Waals surface area contributed by atoms with E-state index in [0.29, 0.717) is 0 Å². The Hall–Kier alpha value is 33.7. The molecule has 0 aromatic heterocycles. The first-order valence-corrected chi connectivity index (χ1v) is 30.7. The third-order valence-electron chi connectivity index (χ3n) is 5.13. The average molecular weight is 3700 g/mol. The van der Waals surface area contributed by atoms with Crippen LogP contribution in [0.1, 0.15) is 41.5 Å². The van der Waals surface area contributed by atoms with Crippen LogP contribution < -0.4 is 0 Å². The molecule has 66 heavy (non-hydrogen) atoms. The molecule has 0 heterocycles. The number of rotatable bonds is 12. The second-order valence-corrected chi connectivity index (χ2v) is 31.5. The normalized spacial score (nSPS) is 7.80. The van der Waals surface area contributed by atoms with Gasteiger partial charge in [-0.2, -0.15) is 0 Å². The van der Waals surface area contributed by atoms with Crippen molar-refractivity contribution in [2.45, 2.75) is 41.5 Å². The summed E-state index contributed by atoms with van der Waals surface area (Å²) in [5.41, 5.74) is 0. The quantitative estimate of drug-likeness (QED) is 0.135. The Labute approximate surface area is 1140 Å². The average Bonchev–Trinajstić information content (AvgIpc) is 2.79. The molecule has 0 nitrogen and oxygen atoms in total. The first-order valence-electron chi connectivity index (χ1n) is 13.1. The molecule has 328 valence electrons. The molecule has 5 atom stereocenters. The molecule has 0 saturated carbocycles. The zero-order chi connectivity index (χ0) is 29.0. The molecule has 0 N–H and O–H groups in total. The van der Waals surface area contributed by atoms with Crippen LogP contribution >= 0.6 is 60.4 Å². The van der Waals surface area contributed by atoms with Crippen molar-refractivity contribution in [2.75, 3.05) is 81.3 Å². The van der Waals surface area contributed by atoms with E-state index < -0.39 is 6.89 Å². The van der Waals surface area contributed by atoms with E-state index in [1.807, 2.05) is 6.66 Å². The van der Waals surface area contributed by atoms with Crippen LogP contribution in [0.2, 0.25) is 0 Å². The minimum Gasteiger partial charge on any atom is -0.358 e. The van der Waals surface area contributed by atoms with Crippen LogP contribution in [0.15, 0.2) is 0 Å². The summed E-state index contributed by atoms with van der Waals surface area (Å²) in [4.78, 5) is 0. The van der Waals surface area contributed by atoms with E-state index >= 15 is 0 Å². The molecule has 0 aliphatic heterocycles. The molecule has 26 radical (unpaired) electrons. The maximum atomic E-state index is 4.24. The van der Waals surface area contributed by atoms with Gasteiger partial charge >= 0.3 is 0 Å². The van der Waals surface area contributed by atoms with Crippen molar-refractivity contribution in [1.29, 1.82) is 0 Å². The maximum absolute atomic E-state index is 4.24. The molecule has 0 aromatic carbocycles. The Kier molecular flexibility index (Phi) is 745. The Morgan fingerprint density at radius 3 is 0.561 bits per heavy atom. The van der Waals surface area contributed by atoms with Crippen molar-refractivity contribution in [3.63, 3.8) is 0 Å². The van der Waals surface area contributed by atoms with Crippen molar-refractivity contribution in [1.82, 2.24) is 0 Å². The van der Waals surface area contributed by atoms with E-state index in [1.54, 1.807) is 0 Å². The van der Waals surface area contributed by atoms with Crippen LogP contribution in [-0.2, 0) is 935 Å². The molecule has 0 bridgehead atoms. The summed E-state index contributed by atoms with van der Waals surface area (Å²) >= 11 is 0. The zero-order valence-electron chi connectivity index (χ0n) is 43.6. The first-order chi connectivity index (χ1) is 16.1. The van der Waals surface area contributed by atoms with Crippen LogP contribution in [0.3, 0.4) is 0 Å². The predicted molar refractivity (Wildman–Crippen MR) is 229 cm³/mol. The van der Waals surface area contributed by atoms with Gasteiger partial charge in [0.05, 0.1) is 0 Å². The third kappa shape index (κ3) is 256. The SMILES string of the molecule is C=P(C)(CC)CC.C=PC.C=[PH](C)C[PH](=C)CC.C=[PH](C)C[PH](=C)C[PH](=C)CC.C=[PH](CC)CC.[CH3-].[W].[W].[W].[W].[Y].[Y].[Y].[Y].[Y].[Y].[Y].[Y].[Y].[Y].[Y].[Y].[Y].[Y].[Y].[Y].[Y].[Y].[Y].[Y].[Y].[Y].[Y].[Y].[Y].[Y]. The van der Waals surface area contributed by atoms with Crippen LogP contribution in [0.4, 0.5) is 0 Å². The summed E-state index contributed by atoms with van der Waals surface area (Å²) in [6, 6.07) is 0. The predicted octanol–water partition coefficient (Wildman–Crippen LogP) is 9.52. The molecule has 0 rings (SSSR count). The first kappa shape index (κ1) is 239. The van der Waals surface area contributed by atoms with Crippen LogP contribution in [0.25, 0.3) is 0 Å². The van der Waals surface area contributed by atoms with Gasteiger partial charge in [0.1, 0.15) is 0 Å². The third-order valence-corrected chi connectivity index (χ3v) is 25.0. The van der Waals surface area contributed by atoms with Crippen molar-refractivity contribution in [3.8, 4) is 0 Å². The molecule has 5 unspecified atom stereocenters. The van der Waals surface area contributed by atoms with Crippen LogP contribution in [0.5, 0.6) is 0 Å². The van der Waals surface area contributed by atoms with E-state index in [0.717, 1.165) is 0 Å². The maximum Gasteiger partial charge on any atom is 0 e. The summed E-state index contributed by atoms with van der Waals surface area (Å²) in [5.74, 6) is 4.11. The molecule has 0 aliphatic rings. The summed E-state index contributed by atoms with van der Waals surface area (Å²) in [6.07, 6.45) is 40.0. The van der Waals surface area contributed by atoms with Gasteiger partial charge < -0.3 is 7.43 Å². The Bertz CT molecular complexity index is 744. The van der Waals surface area contributed by atoms with Gasteiger partial charge in [0.15, 0.2) is 0 Å². The number of hydrogen-bond donors (Lipinski definition) is 0. The molecule has 0 fully saturated rings. The summed E-state index contributed by atoms with van der Waals surface area (Å²) in [6.45, 7) is 21.5. The summed E-state index contributed by atoms with van der Waals surface area (Å²) in [5, 5.41) is 0. The van der Waals surface area contributed by atoms with Crippen LogP contribution in [0, 0.1) is 7.43 Å². The minimum atomic E-state index is -0.654. The summed E-state index contributed by atoms with van der Waals surface area (Å²) in [7, 11) is -0.163. The zero-order valence-corrected chi connectivity index (χ0v) is 137. The smallest absolute Gasteiger partial charge is 0 e. The van der Waals surface area contributed by atoms with Crippen LogP contribution in [-0.4, -0.2) is 132 Å². The van der Waals surface area contributed by atoms with Crippen molar-refractivity contribution in [2.24, 2.45) is 0 Å². The Morgan fingerprint density at radius 1 is 0.348 bits per heavy atom. The Morgan fingerprint density at radius 2 is 0.485 bits per heavy atom. The molecule has 38 heteroatoms. The van der Waals surface area contributed by atoms with E-state index in [4.69, 9.17) is 0 Å². The largest absolute Gasteiger partial charge is 0.358 e. The van der Waals surface area contributed by atoms with Gasteiger partial charge in [0.2, 0.25) is 0 Å². The number of hydrogen-bond acceptors (Lipinski definition) is 0. The van der Waals surface area contributed by atoms with Crippen molar-refractivity contribution >= 4 is 111 Å². The van der Waals surface area contributed by atoms with Gasteiger partial charge in [-0.15, -0.1) is 104 Å². The minimum absolute atomic E-state index is 0. The molecule has 0 aromatic rings. The van der Waals surface area contributed by atoms with E-state index in [9.17, 15) is 0 Å². The van der Waals surface area contributed by atoms with Gasteiger partial charge in [0, 0.05) is 935 Å². The van der Waals surface area contributed by atoms with Crippen molar-refractivity contribution < 1.29 is 935 Å². The van der Waals surface area contributed by atoms with E-state index in [2.05, 4.69) is 112 Å². The fourth-order valence-electron chi connectivity index (χ4n) is 1.99. The van der Waals surface area contributed by atoms with Crippen molar-refractivity contribution in [3.05, 3.63) is 7.43 Å². The molecule has 0 saturated heterocycles. The van der Waals surface area contributed by atoms with E-state index in [1.165, 1.54) is 62.9 Å². The van der Waals surface area contributed by atoms with Gasteiger partial charge in [-0.05, 0) is 81.3 Å². The van der Waals surface area contributed by atoms with Gasteiger partial charge in [0.25, 0.3) is 0 Å². The Balaban J connectivity index is -0.00000000458. The topological polar surface area (TPSA) is 0 Å². The molecular weight excluding hydrogens is 3630 g/mol. The molecule has 0 spiro atoms. The second-order valence-electron chi connectivity index (χ2n) is 9.43. The second kappa shape index (κ2) is 206. The van der Waals surface area contributed by atoms with Gasteiger partial charge in [-0.3, -0.25) is 0 Å². The monoisotopic (exact) mass is 3700 g/mol. The summed E-state index contributed by atoms with van der Waals surface area (Å²) < 4.78 is 0. The fraction of sp³-hybridized carbons (Fsp3) is 0.679.